The van der Waals surface area contributed by atoms with Crippen LogP contribution in [0.5, 0.6) is 5.75 Å². The molecule has 2 aromatic rings. The molecule has 0 bridgehead atoms. The van der Waals surface area contributed by atoms with Gasteiger partial charge in [0, 0.05) is 6.54 Å². The molecule has 0 aliphatic rings. The number of benzene rings is 2. The predicted octanol–water partition coefficient (Wildman–Crippen LogP) is 2.17. The van der Waals surface area contributed by atoms with Gasteiger partial charge in [-0.15, -0.1) is 0 Å². The number of hydrogen-bond acceptors (Lipinski definition) is 3. The van der Waals surface area contributed by atoms with E-state index in [-0.39, 0.29) is 6.61 Å². The number of hydrogen-bond donors (Lipinski definition) is 2. The topological polar surface area (TPSA) is 41.5 Å². The Morgan fingerprint density at radius 1 is 0.944 bits per heavy atom. The number of aliphatic hydroxyl groups is 1. The highest BCUT2D eigenvalue weighted by atomic mass is 16.5. The molecular weight excluding hydrogens is 226 g/mol. The second kappa shape index (κ2) is 6.79. The van der Waals surface area contributed by atoms with Crippen molar-refractivity contribution in [2.24, 2.45) is 0 Å². The lowest BCUT2D eigenvalue weighted by Gasteiger charge is -2.14. The Labute approximate surface area is 107 Å². The van der Waals surface area contributed by atoms with Crippen molar-refractivity contribution >= 4 is 0 Å². The van der Waals surface area contributed by atoms with Crippen molar-refractivity contribution in [3.63, 3.8) is 0 Å². The van der Waals surface area contributed by atoms with Crippen LogP contribution in [0.3, 0.4) is 0 Å². The molecule has 0 fully saturated rings. The molecule has 2 rings (SSSR count). The van der Waals surface area contributed by atoms with E-state index in [2.05, 4.69) is 5.32 Å². The van der Waals surface area contributed by atoms with Crippen LogP contribution in [0.4, 0.5) is 0 Å². The van der Waals surface area contributed by atoms with Gasteiger partial charge in [-0.1, -0.05) is 48.5 Å². The molecule has 3 heteroatoms. The predicted molar refractivity (Wildman–Crippen MR) is 71.2 cm³/mol. The average Bonchev–Trinajstić information content (AvgIpc) is 2.45. The fourth-order valence-corrected chi connectivity index (χ4v) is 1.58. The third kappa shape index (κ3) is 4.20. The summed E-state index contributed by atoms with van der Waals surface area (Å²) in [6, 6.07) is 19.4. The second-order valence-electron chi connectivity index (χ2n) is 4.01. The van der Waals surface area contributed by atoms with Crippen molar-refractivity contribution in [3.8, 4) is 5.75 Å². The van der Waals surface area contributed by atoms with Crippen molar-refractivity contribution in [1.29, 1.82) is 0 Å². The minimum absolute atomic E-state index is 0.233. The van der Waals surface area contributed by atoms with Crippen molar-refractivity contribution in [2.75, 3.05) is 6.61 Å². The molecule has 3 nitrogen and oxygen atoms in total. The van der Waals surface area contributed by atoms with Gasteiger partial charge < -0.3 is 9.84 Å². The number of aliphatic hydroxyl groups excluding tert-OH is 1. The van der Waals surface area contributed by atoms with Crippen LogP contribution in [-0.2, 0) is 6.54 Å². The Bertz CT molecular complexity index is 401. The van der Waals surface area contributed by atoms with E-state index in [0.29, 0.717) is 6.54 Å². The van der Waals surface area contributed by atoms with Gasteiger partial charge in [0.2, 0.25) is 0 Å². The van der Waals surface area contributed by atoms with Crippen LogP contribution in [0.1, 0.15) is 5.56 Å². The molecule has 0 radical (unpaired) electrons. The number of rotatable bonds is 6. The molecule has 18 heavy (non-hydrogen) atoms. The highest BCUT2D eigenvalue weighted by Crippen LogP contribution is 2.08. The van der Waals surface area contributed by atoms with Gasteiger partial charge in [0.05, 0.1) is 0 Å². The Morgan fingerprint density at radius 2 is 1.56 bits per heavy atom. The average molecular weight is 243 g/mol. The van der Waals surface area contributed by atoms with Gasteiger partial charge in [0.25, 0.3) is 0 Å². The fourth-order valence-electron chi connectivity index (χ4n) is 1.58. The molecule has 0 spiro atoms. The van der Waals surface area contributed by atoms with Gasteiger partial charge in [0.15, 0.2) is 0 Å². The summed E-state index contributed by atoms with van der Waals surface area (Å²) in [5.41, 5.74) is 1.14. The van der Waals surface area contributed by atoms with Crippen molar-refractivity contribution in [1.82, 2.24) is 5.32 Å². The lowest BCUT2D eigenvalue weighted by Crippen LogP contribution is -2.33. The summed E-state index contributed by atoms with van der Waals surface area (Å²) in [7, 11) is 0. The lowest BCUT2D eigenvalue weighted by molar-refractivity contribution is 0.0774. The smallest absolute Gasteiger partial charge is 0.139 e. The van der Waals surface area contributed by atoms with E-state index >= 15 is 0 Å². The number of ether oxygens (including phenoxy) is 1. The normalized spacial score (nSPS) is 12.1. The molecule has 0 saturated heterocycles. The maximum absolute atomic E-state index is 9.74. The van der Waals surface area contributed by atoms with Crippen LogP contribution in [0.15, 0.2) is 60.7 Å². The number of nitrogens with one attached hydrogen (secondary N) is 1. The Morgan fingerprint density at radius 3 is 2.22 bits per heavy atom. The van der Waals surface area contributed by atoms with E-state index in [9.17, 15) is 5.11 Å². The van der Waals surface area contributed by atoms with Crippen molar-refractivity contribution in [2.45, 2.75) is 12.8 Å². The van der Waals surface area contributed by atoms with Gasteiger partial charge in [-0.3, -0.25) is 5.32 Å². The van der Waals surface area contributed by atoms with E-state index in [1.165, 1.54) is 0 Å². The summed E-state index contributed by atoms with van der Waals surface area (Å²) in [4.78, 5) is 0. The Kier molecular flexibility index (Phi) is 4.76. The van der Waals surface area contributed by atoms with Crippen LogP contribution in [0.25, 0.3) is 0 Å². The molecule has 0 aromatic heterocycles. The summed E-state index contributed by atoms with van der Waals surface area (Å²) in [6.07, 6.45) is -0.676. The fraction of sp³-hybridized carbons (Fsp3) is 0.200. The van der Waals surface area contributed by atoms with Crippen molar-refractivity contribution < 1.29 is 9.84 Å². The van der Waals surface area contributed by atoms with E-state index < -0.39 is 6.23 Å². The van der Waals surface area contributed by atoms with Gasteiger partial charge in [-0.25, -0.2) is 0 Å². The molecule has 0 saturated carbocycles. The molecule has 2 aromatic carbocycles. The Hall–Kier alpha value is -1.84. The SMILES string of the molecule is OC(COc1ccccc1)NCc1ccccc1. The molecule has 1 atom stereocenters. The first-order chi connectivity index (χ1) is 8.84. The molecule has 1 unspecified atom stereocenters. The molecule has 0 heterocycles. The first-order valence-electron chi connectivity index (χ1n) is 5.98. The molecule has 0 aliphatic heterocycles. The Balaban J connectivity index is 1.71. The minimum atomic E-state index is -0.676. The van der Waals surface area contributed by atoms with Crippen LogP contribution in [0, 0.1) is 0 Å². The highest BCUT2D eigenvalue weighted by Gasteiger charge is 2.03. The van der Waals surface area contributed by atoms with Crippen LogP contribution in [-0.4, -0.2) is 17.9 Å². The van der Waals surface area contributed by atoms with Gasteiger partial charge in [-0.2, -0.15) is 0 Å². The molecule has 2 N–H and O–H groups in total. The van der Waals surface area contributed by atoms with E-state index in [0.717, 1.165) is 11.3 Å². The zero-order chi connectivity index (χ0) is 12.6. The zero-order valence-electron chi connectivity index (χ0n) is 10.1. The van der Waals surface area contributed by atoms with E-state index in [4.69, 9.17) is 4.74 Å². The summed E-state index contributed by atoms with van der Waals surface area (Å²) in [5, 5.41) is 12.7. The van der Waals surface area contributed by atoms with E-state index in [1.807, 2.05) is 60.7 Å². The standard InChI is InChI=1S/C15H17NO2/c17-15(12-18-14-9-5-2-6-10-14)16-11-13-7-3-1-4-8-13/h1-10,15-17H,11-12H2. The molecule has 94 valence electrons. The quantitative estimate of drug-likeness (QED) is 0.764. The van der Waals surface area contributed by atoms with Gasteiger partial charge in [0.1, 0.15) is 18.6 Å². The monoisotopic (exact) mass is 243 g/mol. The number of para-hydroxylation sites is 1. The largest absolute Gasteiger partial charge is 0.489 e. The molecule has 0 aliphatic carbocycles. The lowest BCUT2D eigenvalue weighted by atomic mass is 10.2. The van der Waals surface area contributed by atoms with E-state index in [1.54, 1.807) is 0 Å². The molecule has 0 amide bonds. The van der Waals surface area contributed by atoms with Gasteiger partial charge in [-0.05, 0) is 17.7 Å². The zero-order valence-corrected chi connectivity index (χ0v) is 10.1. The van der Waals surface area contributed by atoms with Crippen LogP contribution >= 0.6 is 0 Å². The summed E-state index contributed by atoms with van der Waals surface area (Å²) in [6.45, 7) is 0.858. The van der Waals surface area contributed by atoms with Crippen LogP contribution < -0.4 is 10.1 Å². The third-order valence-corrected chi connectivity index (χ3v) is 2.54. The summed E-state index contributed by atoms with van der Waals surface area (Å²) in [5.74, 6) is 0.762. The van der Waals surface area contributed by atoms with Crippen LogP contribution in [0.2, 0.25) is 0 Å². The first-order valence-corrected chi connectivity index (χ1v) is 5.98. The minimum Gasteiger partial charge on any atom is -0.489 e. The summed E-state index contributed by atoms with van der Waals surface area (Å²) >= 11 is 0. The van der Waals surface area contributed by atoms with Gasteiger partial charge >= 0.3 is 0 Å². The highest BCUT2D eigenvalue weighted by molar-refractivity contribution is 5.20. The summed E-state index contributed by atoms with van der Waals surface area (Å²) < 4.78 is 5.44. The third-order valence-electron chi connectivity index (χ3n) is 2.54. The van der Waals surface area contributed by atoms with Crippen molar-refractivity contribution in [3.05, 3.63) is 66.2 Å². The molecular formula is C15H17NO2. The maximum Gasteiger partial charge on any atom is 0.139 e. The first kappa shape index (κ1) is 12.6. The maximum atomic E-state index is 9.74. The second-order valence-corrected chi connectivity index (χ2v) is 4.01.